The summed E-state index contributed by atoms with van der Waals surface area (Å²) in [5, 5.41) is 0. The average Bonchev–Trinajstić information content (AvgIpc) is 2.80. The second kappa shape index (κ2) is 3.74. The largest absolute Gasteiger partial charge is 0.472 e. The first-order valence-corrected chi connectivity index (χ1v) is 5.97. The van der Waals surface area contributed by atoms with Crippen molar-refractivity contribution in [2.75, 3.05) is 0 Å². The fourth-order valence-corrected chi connectivity index (χ4v) is 1.68. The van der Waals surface area contributed by atoms with Gasteiger partial charge in [0.1, 0.15) is 16.0 Å². The molecule has 1 aliphatic carbocycles. The van der Waals surface area contributed by atoms with E-state index in [0.29, 0.717) is 11.8 Å². The molecule has 1 aromatic rings. The van der Waals surface area contributed by atoms with Crippen molar-refractivity contribution in [1.82, 2.24) is 9.97 Å². The van der Waals surface area contributed by atoms with Crippen LogP contribution in [-0.2, 0) is 0 Å². The van der Waals surface area contributed by atoms with Crippen LogP contribution in [0.4, 0.5) is 0 Å². The molecule has 0 radical (unpaired) electrons. The van der Waals surface area contributed by atoms with E-state index < -0.39 is 0 Å². The number of hydrogen-bond donors (Lipinski definition) is 0. The fraction of sp³-hybridized carbons (Fsp3) is 0.636. The van der Waals surface area contributed by atoms with Gasteiger partial charge < -0.3 is 4.74 Å². The van der Waals surface area contributed by atoms with Crippen molar-refractivity contribution in [3.63, 3.8) is 0 Å². The van der Waals surface area contributed by atoms with Gasteiger partial charge in [0.05, 0.1) is 0 Å². The van der Waals surface area contributed by atoms with Crippen LogP contribution in [0.1, 0.15) is 45.4 Å². The molecule has 1 fully saturated rings. The summed E-state index contributed by atoms with van der Waals surface area (Å²) >= 11 is 3.39. The van der Waals surface area contributed by atoms with Crippen molar-refractivity contribution in [3.8, 4) is 5.88 Å². The van der Waals surface area contributed by atoms with Gasteiger partial charge in [0, 0.05) is 12.0 Å². The molecule has 0 aliphatic heterocycles. The van der Waals surface area contributed by atoms with Crippen LogP contribution < -0.4 is 4.74 Å². The average molecular weight is 271 g/mol. The van der Waals surface area contributed by atoms with E-state index >= 15 is 0 Å². The Morgan fingerprint density at radius 2 is 2.00 bits per heavy atom. The molecule has 3 nitrogen and oxygen atoms in total. The van der Waals surface area contributed by atoms with Gasteiger partial charge in [-0.2, -0.15) is 4.98 Å². The maximum absolute atomic E-state index is 5.72. The first-order chi connectivity index (χ1) is 6.94. The van der Waals surface area contributed by atoms with E-state index in [2.05, 4.69) is 25.9 Å². The quantitative estimate of drug-likeness (QED) is 0.774. The van der Waals surface area contributed by atoms with Crippen molar-refractivity contribution in [3.05, 3.63) is 16.5 Å². The molecular weight excluding hydrogens is 256 g/mol. The van der Waals surface area contributed by atoms with Gasteiger partial charge in [-0.15, -0.1) is 0 Å². The van der Waals surface area contributed by atoms with Crippen LogP contribution >= 0.6 is 15.9 Å². The molecule has 1 heterocycles. The molecule has 1 aliphatic rings. The lowest BCUT2D eigenvalue weighted by Gasteiger charge is -2.20. The van der Waals surface area contributed by atoms with Gasteiger partial charge in [0.25, 0.3) is 0 Å². The van der Waals surface area contributed by atoms with Crippen molar-refractivity contribution in [1.29, 1.82) is 0 Å². The highest BCUT2D eigenvalue weighted by Crippen LogP contribution is 2.39. The van der Waals surface area contributed by atoms with Gasteiger partial charge >= 0.3 is 0 Å². The Labute approximate surface area is 98.4 Å². The van der Waals surface area contributed by atoms with Gasteiger partial charge in [-0.05, 0) is 49.5 Å². The predicted molar refractivity (Wildman–Crippen MR) is 62.1 cm³/mol. The minimum absolute atomic E-state index is 0.214. The highest BCUT2D eigenvalue weighted by atomic mass is 79.9. The standard InChI is InChI=1S/C11H15BrN2O/c1-11(2,3)15-9-6-8(12)13-10(14-9)7-4-5-7/h6-7H,4-5H2,1-3H3. The second-order valence-corrected chi connectivity index (χ2v) is 5.69. The molecule has 0 amide bonds. The normalized spacial score (nSPS) is 16.5. The Morgan fingerprint density at radius 1 is 1.33 bits per heavy atom. The molecular formula is C11H15BrN2O. The molecule has 0 aromatic carbocycles. The molecule has 15 heavy (non-hydrogen) atoms. The number of rotatable bonds is 2. The van der Waals surface area contributed by atoms with E-state index in [1.165, 1.54) is 12.8 Å². The molecule has 0 atom stereocenters. The molecule has 1 saturated carbocycles. The molecule has 1 aromatic heterocycles. The topological polar surface area (TPSA) is 35.0 Å². The number of aromatic nitrogens is 2. The summed E-state index contributed by atoms with van der Waals surface area (Å²) in [6.45, 7) is 6.04. The zero-order valence-electron chi connectivity index (χ0n) is 9.25. The van der Waals surface area contributed by atoms with E-state index in [-0.39, 0.29) is 5.60 Å². The van der Waals surface area contributed by atoms with Gasteiger partial charge in [-0.3, -0.25) is 0 Å². The van der Waals surface area contributed by atoms with E-state index in [0.717, 1.165) is 10.4 Å². The Hall–Kier alpha value is -0.640. The monoisotopic (exact) mass is 270 g/mol. The molecule has 2 rings (SSSR count). The highest BCUT2D eigenvalue weighted by Gasteiger charge is 2.27. The van der Waals surface area contributed by atoms with Gasteiger partial charge in [-0.1, -0.05) is 0 Å². The van der Waals surface area contributed by atoms with Crippen LogP contribution in [0.3, 0.4) is 0 Å². The highest BCUT2D eigenvalue weighted by molar-refractivity contribution is 9.10. The van der Waals surface area contributed by atoms with E-state index in [9.17, 15) is 0 Å². The van der Waals surface area contributed by atoms with Crippen molar-refractivity contribution < 1.29 is 4.74 Å². The van der Waals surface area contributed by atoms with E-state index in [1.54, 1.807) is 0 Å². The summed E-state index contributed by atoms with van der Waals surface area (Å²) in [7, 11) is 0. The Bertz CT molecular complexity index is 369. The molecule has 0 spiro atoms. The summed E-state index contributed by atoms with van der Waals surface area (Å²) < 4.78 is 6.52. The Kier molecular flexibility index (Phi) is 2.71. The van der Waals surface area contributed by atoms with Crippen molar-refractivity contribution in [2.45, 2.75) is 45.1 Å². The lowest BCUT2D eigenvalue weighted by atomic mass is 10.2. The summed E-state index contributed by atoms with van der Waals surface area (Å²) in [6, 6.07) is 1.82. The number of hydrogen-bond acceptors (Lipinski definition) is 3. The summed E-state index contributed by atoms with van der Waals surface area (Å²) in [5.41, 5.74) is -0.214. The Balaban J connectivity index is 2.23. The van der Waals surface area contributed by atoms with Gasteiger partial charge in [0.2, 0.25) is 5.88 Å². The molecule has 4 heteroatoms. The third-order valence-corrected chi connectivity index (χ3v) is 2.45. The van der Waals surface area contributed by atoms with Crippen LogP contribution in [-0.4, -0.2) is 15.6 Å². The molecule has 0 unspecified atom stereocenters. The van der Waals surface area contributed by atoms with Crippen LogP contribution in [0.2, 0.25) is 0 Å². The fourth-order valence-electron chi connectivity index (χ4n) is 1.30. The number of ether oxygens (including phenoxy) is 1. The van der Waals surface area contributed by atoms with Crippen LogP contribution in [0.5, 0.6) is 5.88 Å². The number of halogens is 1. The van der Waals surface area contributed by atoms with E-state index in [1.807, 2.05) is 26.8 Å². The van der Waals surface area contributed by atoms with Crippen LogP contribution in [0, 0.1) is 0 Å². The van der Waals surface area contributed by atoms with Gasteiger partial charge in [-0.25, -0.2) is 4.98 Å². The lowest BCUT2D eigenvalue weighted by molar-refractivity contribution is 0.123. The van der Waals surface area contributed by atoms with Crippen LogP contribution in [0.15, 0.2) is 10.7 Å². The smallest absolute Gasteiger partial charge is 0.218 e. The van der Waals surface area contributed by atoms with E-state index in [4.69, 9.17) is 4.74 Å². The molecule has 0 saturated heterocycles. The Morgan fingerprint density at radius 3 is 2.53 bits per heavy atom. The predicted octanol–water partition coefficient (Wildman–Crippen LogP) is 3.29. The van der Waals surface area contributed by atoms with Crippen molar-refractivity contribution in [2.24, 2.45) is 0 Å². The third-order valence-electron chi connectivity index (χ3n) is 2.04. The number of nitrogens with zero attached hydrogens (tertiary/aromatic N) is 2. The zero-order valence-corrected chi connectivity index (χ0v) is 10.8. The maximum Gasteiger partial charge on any atom is 0.218 e. The minimum Gasteiger partial charge on any atom is -0.472 e. The summed E-state index contributed by atoms with van der Waals surface area (Å²) in [6.07, 6.45) is 2.40. The molecule has 0 bridgehead atoms. The second-order valence-electron chi connectivity index (χ2n) is 4.88. The first-order valence-electron chi connectivity index (χ1n) is 5.17. The van der Waals surface area contributed by atoms with Crippen LogP contribution in [0.25, 0.3) is 0 Å². The third kappa shape index (κ3) is 3.16. The lowest BCUT2D eigenvalue weighted by Crippen LogP contribution is -2.23. The van der Waals surface area contributed by atoms with Gasteiger partial charge in [0.15, 0.2) is 0 Å². The molecule has 0 N–H and O–H groups in total. The first kappa shape index (κ1) is 10.9. The maximum atomic E-state index is 5.72. The summed E-state index contributed by atoms with van der Waals surface area (Å²) in [4.78, 5) is 8.77. The SMILES string of the molecule is CC(C)(C)Oc1cc(Br)nc(C2CC2)n1. The summed E-state index contributed by atoms with van der Waals surface area (Å²) in [5.74, 6) is 2.11. The minimum atomic E-state index is -0.214. The zero-order chi connectivity index (χ0) is 11.1. The molecule has 82 valence electrons. The van der Waals surface area contributed by atoms with Crippen molar-refractivity contribution >= 4 is 15.9 Å².